The zero-order valence-corrected chi connectivity index (χ0v) is 12.1. The lowest BCUT2D eigenvalue weighted by Crippen LogP contribution is -2.42. The van der Waals surface area contributed by atoms with Crippen molar-refractivity contribution >= 4 is 5.91 Å². The topological polar surface area (TPSA) is 52.6 Å². The molecule has 1 amide bonds. The predicted molar refractivity (Wildman–Crippen MR) is 79.2 cm³/mol. The van der Waals surface area contributed by atoms with Gasteiger partial charge in [0.05, 0.1) is 0 Å². The second-order valence-electron chi connectivity index (χ2n) is 5.39. The number of carbonyl (C=O) groups is 1. The van der Waals surface area contributed by atoms with Crippen LogP contribution in [0.1, 0.15) is 31.4 Å². The van der Waals surface area contributed by atoms with Gasteiger partial charge in [-0.05, 0) is 37.4 Å². The van der Waals surface area contributed by atoms with Crippen molar-refractivity contribution in [1.82, 2.24) is 10.2 Å². The molecule has 0 saturated carbocycles. The third-order valence-electron chi connectivity index (χ3n) is 3.96. The number of rotatable bonds is 5. The molecule has 1 heterocycles. The van der Waals surface area contributed by atoms with Crippen molar-refractivity contribution in [2.45, 2.75) is 25.9 Å². The molecule has 110 valence electrons. The van der Waals surface area contributed by atoms with Crippen molar-refractivity contribution < 1.29 is 9.90 Å². The maximum absolute atomic E-state index is 12.3. The number of aliphatic hydroxyl groups is 1. The molecular formula is C16H24N2O2. The number of amides is 1. The first kappa shape index (κ1) is 15.0. The van der Waals surface area contributed by atoms with Gasteiger partial charge < -0.3 is 15.3 Å². The Bertz CT molecular complexity index is 414. The Morgan fingerprint density at radius 1 is 1.35 bits per heavy atom. The summed E-state index contributed by atoms with van der Waals surface area (Å²) in [7, 11) is 0. The summed E-state index contributed by atoms with van der Waals surface area (Å²) >= 11 is 0. The monoisotopic (exact) mass is 276 g/mol. The average Bonchev–Trinajstić information content (AvgIpc) is 2.53. The van der Waals surface area contributed by atoms with E-state index in [9.17, 15) is 9.90 Å². The maximum atomic E-state index is 12.3. The lowest BCUT2D eigenvalue weighted by molar-refractivity contribution is -0.142. The van der Waals surface area contributed by atoms with Crippen LogP contribution in [0, 0.1) is 5.92 Å². The van der Waals surface area contributed by atoms with Gasteiger partial charge in [0.1, 0.15) is 0 Å². The van der Waals surface area contributed by atoms with Crippen molar-refractivity contribution in [2.24, 2.45) is 5.92 Å². The van der Waals surface area contributed by atoms with Gasteiger partial charge in [-0.2, -0.15) is 0 Å². The molecule has 1 aromatic rings. The van der Waals surface area contributed by atoms with E-state index in [1.54, 1.807) is 17.0 Å². The SMILES string of the molecule is CCNCC1CCN(C(=O)C(O)c2ccccc2)CC1. The van der Waals surface area contributed by atoms with Gasteiger partial charge in [0.2, 0.25) is 0 Å². The zero-order valence-electron chi connectivity index (χ0n) is 12.1. The standard InChI is InChI=1S/C16H24N2O2/c1-2-17-12-13-8-10-18(11-9-13)16(20)15(19)14-6-4-3-5-7-14/h3-7,13,15,17,19H,2,8-12H2,1H3. The van der Waals surface area contributed by atoms with Gasteiger partial charge in [0.15, 0.2) is 6.10 Å². The first-order valence-electron chi connectivity index (χ1n) is 7.45. The first-order chi connectivity index (χ1) is 9.72. The van der Waals surface area contributed by atoms with Crippen molar-refractivity contribution in [3.63, 3.8) is 0 Å². The second kappa shape index (κ2) is 7.41. The lowest BCUT2D eigenvalue weighted by Gasteiger charge is -2.33. The molecule has 4 nitrogen and oxygen atoms in total. The third kappa shape index (κ3) is 3.81. The maximum Gasteiger partial charge on any atom is 0.256 e. The Morgan fingerprint density at radius 3 is 2.60 bits per heavy atom. The van der Waals surface area contributed by atoms with E-state index in [0.717, 1.165) is 39.0 Å². The van der Waals surface area contributed by atoms with E-state index in [-0.39, 0.29) is 5.91 Å². The summed E-state index contributed by atoms with van der Waals surface area (Å²) in [5.74, 6) is 0.478. The van der Waals surface area contributed by atoms with Crippen LogP contribution in [0.5, 0.6) is 0 Å². The Balaban J connectivity index is 1.85. The fraction of sp³-hybridized carbons (Fsp3) is 0.562. The van der Waals surface area contributed by atoms with E-state index in [1.165, 1.54) is 0 Å². The fourth-order valence-corrected chi connectivity index (χ4v) is 2.66. The molecule has 4 heteroatoms. The number of aliphatic hydroxyl groups excluding tert-OH is 1. The Kier molecular flexibility index (Phi) is 5.56. The molecule has 1 saturated heterocycles. The highest BCUT2D eigenvalue weighted by Gasteiger charge is 2.27. The molecule has 1 aromatic carbocycles. The largest absolute Gasteiger partial charge is 0.378 e. The number of piperidine rings is 1. The summed E-state index contributed by atoms with van der Waals surface area (Å²) in [5, 5.41) is 13.5. The van der Waals surface area contributed by atoms with Crippen molar-refractivity contribution in [2.75, 3.05) is 26.2 Å². The van der Waals surface area contributed by atoms with Gasteiger partial charge in [-0.25, -0.2) is 0 Å². The molecule has 0 aliphatic carbocycles. The molecule has 2 N–H and O–H groups in total. The third-order valence-corrected chi connectivity index (χ3v) is 3.96. The number of nitrogens with one attached hydrogen (secondary N) is 1. The fourth-order valence-electron chi connectivity index (χ4n) is 2.66. The van der Waals surface area contributed by atoms with E-state index in [0.29, 0.717) is 11.5 Å². The van der Waals surface area contributed by atoms with E-state index in [2.05, 4.69) is 12.2 Å². The number of likely N-dealkylation sites (tertiary alicyclic amines) is 1. The molecule has 1 unspecified atom stereocenters. The molecule has 20 heavy (non-hydrogen) atoms. The lowest BCUT2D eigenvalue weighted by atomic mass is 9.96. The Labute approximate surface area is 120 Å². The Hall–Kier alpha value is -1.39. The second-order valence-corrected chi connectivity index (χ2v) is 5.39. The molecule has 2 rings (SSSR count). The van der Waals surface area contributed by atoms with E-state index in [1.807, 2.05) is 18.2 Å². The van der Waals surface area contributed by atoms with Crippen LogP contribution in [0.2, 0.25) is 0 Å². The molecular weight excluding hydrogens is 252 g/mol. The summed E-state index contributed by atoms with van der Waals surface area (Å²) in [4.78, 5) is 14.1. The molecule has 1 aliphatic rings. The van der Waals surface area contributed by atoms with E-state index in [4.69, 9.17) is 0 Å². The molecule has 0 bridgehead atoms. The van der Waals surface area contributed by atoms with Gasteiger partial charge in [0, 0.05) is 13.1 Å². The smallest absolute Gasteiger partial charge is 0.256 e. The van der Waals surface area contributed by atoms with Gasteiger partial charge in [-0.15, -0.1) is 0 Å². The minimum absolute atomic E-state index is 0.168. The van der Waals surface area contributed by atoms with Gasteiger partial charge in [-0.1, -0.05) is 37.3 Å². The summed E-state index contributed by atoms with van der Waals surface area (Å²) < 4.78 is 0. The van der Waals surface area contributed by atoms with Crippen LogP contribution in [0.25, 0.3) is 0 Å². The number of benzene rings is 1. The molecule has 0 radical (unpaired) electrons. The van der Waals surface area contributed by atoms with E-state index >= 15 is 0 Å². The summed E-state index contributed by atoms with van der Waals surface area (Å²) in [5.41, 5.74) is 0.673. The number of nitrogens with zero attached hydrogens (tertiary/aromatic N) is 1. The summed E-state index contributed by atoms with van der Waals surface area (Å²) in [6, 6.07) is 9.15. The molecule has 1 aliphatic heterocycles. The first-order valence-corrected chi connectivity index (χ1v) is 7.45. The van der Waals surface area contributed by atoms with Crippen LogP contribution in [-0.4, -0.2) is 42.1 Å². The number of carbonyl (C=O) groups excluding carboxylic acids is 1. The minimum atomic E-state index is -1.03. The zero-order chi connectivity index (χ0) is 14.4. The molecule has 1 atom stereocenters. The quantitative estimate of drug-likeness (QED) is 0.858. The van der Waals surface area contributed by atoms with Gasteiger partial charge >= 0.3 is 0 Å². The Morgan fingerprint density at radius 2 is 2.00 bits per heavy atom. The van der Waals surface area contributed by atoms with Crippen LogP contribution >= 0.6 is 0 Å². The highest BCUT2D eigenvalue weighted by Crippen LogP contribution is 2.21. The van der Waals surface area contributed by atoms with E-state index < -0.39 is 6.10 Å². The van der Waals surface area contributed by atoms with Crippen LogP contribution in [0.15, 0.2) is 30.3 Å². The summed E-state index contributed by atoms with van der Waals surface area (Å²) in [6.45, 7) is 5.62. The normalized spacial score (nSPS) is 18.0. The number of hydrogen-bond donors (Lipinski definition) is 2. The van der Waals surface area contributed by atoms with Crippen LogP contribution in [-0.2, 0) is 4.79 Å². The summed E-state index contributed by atoms with van der Waals surface area (Å²) in [6.07, 6.45) is 1.00. The molecule has 0 spiro atoms. The van der Waals surface area contributed by atoms with Crippen molar-refractivity contribution in [3.05, 3.63) is 35.9 Å². The molecule has 0 aromatic heterocycles. The highest BCUT2D eigenvalue weighted by atomic mass is 16.3. The van der Waals surface area contributed by atoms with Crippen LogP contribution in [0.4, 0.5) is 0 Å². The average molecular weight is 276 g/mol. The number of hydrogen-bond acceptors (Lipinski definition) is 3. The predicted octanol–water partition coefficient (Wildman–Crippen LogP) is 1.57. The highest BCUT2D eigenvalue weighted by molar-refractivity contribution is 5.82. The van der Waals surface area contributed by atoms with Crippen LogP contribution in [0.3, 0.4) is 0 Å². The van der Waals surface area contributed by atoms with Gasteiger partial charge in [0.25, 0.3) is 5.91 Å². The van der Waals surface area contributed by atoms with Gasteiger partial charge in [-0.3, -0.25) is 4.79 Å². The minimum Gasteiger partial charge on any atom is -0.378 e. The molecule has 1 fully saturated rings. The van der Waals surface area contributed by atoms with Crippen molar-refractivity contribution in [1.29, 1.82) is 0 Å². The van der Waals surface area contributed by atoms with Crippen LogP contribution < -0.4 is 5.32 Å². The van der Waals surface area contributed by atoms with Crippen molar-refractivity contribution in [3.8, 4) is 0 Å².